The topological polar surface area (TPSA) is 81.4 Å². The highest BCUT2D eigenvalue weighted by Crippen LogP contribution is 2.19. The number of hydrogen-bond donors (Lipinski definition) is 2. The molecule has 0 aliphatic heterocycles. The molecule has 1 aromatic carbocycles. The first-order valence-electron chi connectivity index (χ1n) is 4.88. The summed E-state index contributed by atoms with van der Waals surface area (Å²) in [6, 6.07) is 4.65. The highest BCUT2D eigenvalue weighted by atomic mass is 16.5. The third-order valence-electron chi connectivity index (χ3n) is 1.85. The number of rotatable bonds is 3. The first-order valence-corrected chi connectivity index (χ1v) is 4.88. The van der Waals surface area contributed by atoms with Crippen molar-refractivity contribution in [2.75, 3.05) is 17.7 Å². The summed E-state index contributed by atoms with van der Waals surface area (Å²) in [5.41, 5.74) is 6.68. The highest BCUT2D eigenvalue weighted by Gasteiger charge is 2.13. The smallest absolute Gasteiger partial charge is 0.340 e. The molecule has 0 aromatic heterocycles. The molecule has 0 radical (unpaired) electrons. The van der Waals surface area contributed by atoms with Gasteiger partial charge in [-0.1, -0.05) is 0 Å². The second-order valence-corrected chi connectivity index (χ2v) is 3.21. The third-order valence-corrected chi connectivity index (χ3v) is 1.85. The van der Waals surface area contributed by atoms with Gasteiger partial charge in [-0.25, -0.2) is 4.79 Å². The van der Waals surface area contributed by atoms with Crippen molar-refractivity contribution >= 4 is 23.3 Å². The second-order valence-electron chi connectivity index (χ2n) is 3.21. The Kier molecular flexibility index (Phi) is 3.88. The maximum atomic E-state index is 11.6. The van der Waals surface area contributed by atoms with Gasteiger partial charge in [-0.05, 0) is 25.1 Å². The largest absolute Gasteiger partial charge is 0.462 e. The lowest BCUT2D eigenvalue weighted by molar-refractivity contribution is -0.114. The highest BCUT2D eigenvalue weighted by molar-refractivity contribution is 6.01. The molecule has 3 N–H and O–H groups in total. The van der Waals surface area contributed by atoms with Crippen LogP contribution in [-0.4, -0.2) is 18.5 Å². The van der Waals surface area contributed by atoms with Crippen molar-refractivity contribution in [3.8, 4) is 0 Å². The van der Waals surface area contributed by atoms with E-state index in [0.717, 1.165) is 0 Å². The van der Waals surface area contributed by atoms with E-state index in [0.29, 0.717) is 11.4 Å². The van der Waals surface area contributed by atoms with Crippen molar-refractivity contribution in [3.63, 3.8) is 0 Å². The Balaban J connectivity index is 3.07. The lowest BCUT2D eigenvalue weighted by Gasteiger charge is -2.09. The molecule has 0 aliphatic rings. The van der Waals surface area contributed by atoms with Gasteiger partial charge in [0.1, 0.15) is 0 Å². The number of nitrogens with two attached hydrogens (primary N) is 1. The average Bonchev–Trinajstić information content (AvgIpc) is 2.20. The van der Waals surface area contributed by atoms with Crippen LogP contribution in [-0.2, 0) is 9.53 Å². The van der Waals surface area contributed by atoms with Crippen LogP contribution in [0.4, 0.5) is 11.4 Å². The minimum atomic E-state index is -0.501. The first kappa shape index (κ1) is 12.0. The molecule has 16 heavy (non-hydrogen) atoms. The van der Waals surface area contributed by atoms with Crippen molar-refractivity contribution in [2.45, 2.75) is 13.8 Å². The first-order chi connectivity index (χ1) is 7.54. The quantitative estimate of drug-likeness (QED) is 0.598. The van der Waals surface area contributed by atoms with Crippen molar-refractivity contribution < 1.29 is 14.3 Å². The van der Waals surface area contributed by atoms with Crippen LogP contribution in [0, 0.1) is 0 Å². The van der Waals surface area contributed by atoms with E-state index < -0.39 is 5.97 Å². The van der Waals surface area contributed by atoms with Gasteiger partial charge in [0.15, 0.2) is 0 Å². The number of nitrogen functional groups attached to an aromatic ring is 1. The molecule has 1 rings (SSSR count). The van der Waals surface area contributed by atoms with Crippen LogP contribution < -0.4 is 11.1 Å². The Hall–Kier alpha value is -2.04. The number of benzene rings is 1. The average molecular weight is 222 g/mol. The van der Waals surface area contributed by atoms with Gasteiger partial charge in [0.25, 0.3) is 0 Å². The number of esters is 1. The standard InChI is InChI=1S/C11H14N2O3/c1-3-16-11(15)9-6-8(12)4-5-10(9)13-7(2)14/h4-6H,3,12H2,1-2H3,(H,13,14). The van der Waals surface area contributed by atoms with Gasteiger partial charge in [-0.3, -0.25) is 4.79 Å². The van der Waals surface area contributed by atoms with E-state index >= 15 is 0 Å². The third kappa shape index (κ3) is 2.98. The van der Waals surface area contributed by atoms with Crippen LogP contribution in [0.2, 0.25) is 0 Å². The summed E-state index contributed by atoms with van der Waals surface area (Å²) in [5.74, 6) is -0.756. The predicted molar refractivity (Wildman–Crippen MR) is 61.1 cm³/mol. The van der Waals surface area contributed by atoms with Gasteiger partial charge >= 0.3 is 5.97 Å². The summed E-state index contributed by atoms with van der Waals surface area (Å²) in [4.78, 5) is 22.5. The molecule has 0 spiro atoms. The normalized spacial score (nSPS) is 9.62. The lowest BCUT2D eigenvalue weighted by Crippen LogP contribution is -2.13. The zero-order valence-electron chi connectivity index (χ0n) is 9.24. The molecule has 1 amide bonds. The van der Waals surface area contributed by atoms with E-state index in [9.17, 15) is 9.59 Å². The van der Waals surface area contributed by atoms with Crippen LogP contribution in [0.15, 0.2) is 18.2 Å². The number of amides is 1. The molecule has 0 atom stereocenters. The summed E-state index contributed by atoms with van der Waals surface area (Å²) in [5, 5.41) is 2.54. The van der Waals surface area contributed by atoms with E-state index in [2.05, 4.69) is 5.32 Å². The summed E-state index contributed by atoms with van der Waals surface area (Å²) in [6.07, 6.45) is 0. The lowest BCUT2D eigenvalue weighted by atomic mass is 10.1. The SMILES string of the molecule is CCOC(=O)c1cc(N)ccc1NC(C)=O. The fraction of sp³-hybridized carbons (Fsp3) is 0.273. The Morgan fingerprint density at radius 1 is 1.44 bits per heavy atom. The number of anilines is 2. The summed E-state index contributed by atoms with van der Waals surface area (Å²) in [6.45, 7) is 3.35. The predicted octanol–water partition coefficient (Wildman–Crippen LogP) is 1.40. The number of ether oxygens (including phenoxy) is 1. The molecule has 0 saturated carbocycles. The van der Waals surface area contributed by atoms with Crippen LogP contribution in [0.3, 0.4) is 0 Å². The molecule has 0 unspecified atom stereocenters. The zero-order valence-corrected chi connectivity index (χ0v) is 9.24. The van der Waals surface area contributed by atoms with Crippen LogP contribution in [0.1, 0.15) is 24.2 Å². The molecule has 1 aromatic rings. The maximum Gasteiger partial charge on any atom is 0.340 e. The van der Waals surface area contributed by atoms with Gasteiger partial charge < -0.3 is 15.8 Å². The molecule has 5 nitrogen and oxygen atoms in total. The molecular formula is C11H14N2O3. The molecule has 86 valence electrons. The van der Waals surface area contributed by atoms with E-state index in [4.69, 9.17) is 10.5 Å². The fourth-order valence-corrected chi connectivity index (χ4v) is 1.24. The summed E-state index contributed by atoms with van der Waals surface area (Å²) >= 11 is 0. The Morgan fingerprint density at radius 2 is 2.12 bits per heavy atom. The number of hydrogen-bond acceptors (Lipinski definition) is 4. The van der Waals surface area contributed by atoms with E-state index in [1.165, 1.54) is 13.0 Å². The van der Waals surface area contributed by atoms with Gasteiger partial charge in [0.05, 0.1) is 17.9 Å². The molecule has 0 bridgehead atoms. The van der Waals surface area contributed by atoms with Crippen molar-refractivity contribution in [1.82, 2.24) is 0 Å². The van der Waals surface area contributed by atoms with Crippen LogP contribution in [0.5, 0.6) is 0 Å². The maximum absolute atomic E-state index is 11.6. The van der Waals surface area contributed by atoms with E-state index in [-0.39, 0.29) is 18.1 Å². The van der Waals surface area contributed by atoms with Crippen LogP contribution in [0.25, 0.3) is 0 Å². The summed E-state index contributed by atoms with van der Waals surface area (Å²) < 4.78 is 4.86. The van der Waals surface area contributed by atoms with Gasteiger partial charge in [0, 0.05) is 12.6 Å². The molecule has 0 heterocycles. The zero-order chi connectivity index (χ0) is 12.1. The second kappa shape index (κ2) is 5.16. The van der Waals surface area contributed by atoms with E-state index in [1.54, 1.807) is 19.1 Å². The Labute approximate surface area is 93.6 Å². The van der Waals surface area contributed by atoms with Gasteiger partial charge in [0.2, 0.25) is 5.91 Å². The van der Waals surface area contributed by atoms with Crippen molar-refractivity contribution in [1.29, 1.82) is 0 Å². The number of carbonyl (C=O) groups excluding carboxylic acids is 2. The van der Waals surface area contributed by atoms with Crippen molar-refractivity contribution in [3.05, 3.63) is 23.8 Å². The molecule has 0 aliphatic carbocycles. The number of nitrogens with one attached hydrogen (secondary N) is 1. The molecule has 0 saturated heterocycles. The van der Waals surface area contributed by atoms with Crippen LogP contribution >= 0.6 is 0 Å². The van der Waals surface area contributed by atoms with Gasteiger partial charge in [-0.15, -0.1) is 0 Å². The Bertz CT molecular complexity index is 416. The van der Waals surface area contributed by atoms with Gasteiger partial charge in [-0.2, -0.15) is 0 Å². The molecule has 5 heteroatoms. The van der Waals surface area contributed by atoms with E-state index in [1.807, 2.05) is 0 Å². The molecular weight excluding hydrogens is 208 g/mol. The minimum absolute atomic E-state index is 0.254. The molecule has 0 fully saturated rings. The summed E-state index contributed by atoms with van der Waals surface area (Å²) in [7, 11) is 0. The number of carbonyl (C=O) groups is 2. The Morgan fingerprint density at radius 3 is 2.69 bits per heavy atom. The van der Waals surface area contributed by atoms with Crippen molar-refractivity contribution in [2.24, 2.45) is 0 Å². The minimum Gasteiger partial charge on any atom is -0.462 e. The fourth-order valence-electron chi connectivity index (χ4n) is 1.24. The monoisotopic (exact) mass is 222 g/mol.